The number of carbonyl (C=O) groups excluding carboxylic acids is 1. The lowest BCUT2D eigenvalue weighted by Gasteiger charge is -2.21. The highest BCUT2D eigenvalue weighted by atomic mass is 32.1. The minimum atomic E-state index is -0.469. The molecule has 21 heavy (non-hydrogen) atoms. The van der Waals surface area contributed by atoms with Gasteiger partial charge in [-0.15, -0.1) is 11.3 Å². The molecule has 1 amide bonds. The molecule has 112 valence electrons. The van der Waals surface area contributed by atoms with E-state index < -0.39 is 6.10 Å². The first kappa shape index (κ1) is 14.5. The molecular formula is C16H18FNO2S. The number of benzene rings is 1. The number of carbonyl (C=O) groups is 1. The summed E-state index contributed by atoms with van der Waals surface area (Å²) in [4.78, 5) is 12.9. The lowest BCUT2D eigenvalue weighted by molar-refractivity contribution is 0.0822. The Kier molecular flexibility index (Phi) is 4.22. The van der Waals surface area contributed by atoms with Gasteiger partial charge in [-0.1, -0.05) is 25.3 Å². The number of thiophene rings is 1. The highest BCUT2D eigenvalue weighted by Crippen LogP contribution is 2.27. The van der Waals surface area contributed by atoms with Crippen LogP contribution in [0.1, 0.15) is 41.8 Å². The maximum Gasteiger partial charge on any atom is 0.261 e. The fourth-order valence-electron chi connectivity index (χ4n) is 2.81. The number of halogens is 1. The summed E-state index contributed by atoms with van der Waals surface area (Å²) in [7, 11) is 0. The maximum atomic E-state index is 13.2. The van der Waals surface area contributed by atoms with Crippen molar-refractivity contribution in [3.05, 3.63) is 35.0 Å². The van der Waals surface area contributed by atoms with E-state index in [9.17, 15) is 14.3 Å². The second kappa shape index (κ2) is 6.12. The van der Waals surface area contributed by atoms with E-state index >= 15 is 0 Å². The number of hydrogen-bond acceptors (Lipinski definition) is 3. The molecular weight excluding hydrogens is 289 g/mol. The van der Waals surface area contributed by atoms with E-state index in [2.05, 4.69) is 5.32 Å². The molecule has 1 aromatic carbocycles. The van der Waals surface area contributed by atoms with Crippen LogP contribution in [0.2, 0.25) is 0 Å². The molecule has 2 aromatic rings. The topological polar surface area (TPSA) is 49.3 Å². The monoisotopic (exact) mass is 307 g/mol. The minimum absolute atomic E-state index is 0.178. The van der Waals surface area contributed by atoms with Crippen LogP contribution in [0.4, 0.5) is 4.39 Å². The van der Waals surface area contributed by atoms with Gasteiger partial charge in [0.2, 0.25) is 0 Å². The number of fused-ring (bicyclic) bond motifs is 1. The van der Waals surface area contributed by atoms with Gasteiger partial charge in [0.05, 0.1) is 17.0 Å². The number of amides is 1. The second-order valence-corrected chi connectivity index (χ2v) is 6.66. The molecule has 3 nitrogen and oxygen atoms in total. The quantitative estimate of drug-likeness (QED) is 0.835. The van der Waals surface area contributed by atoms with E-state index in [0.29, 0.717) is 4.88 Å². The number of hydrogen-bond donors (Lipinski definition) is 2. The molecule has 1 fully saturated rings. The van der Waals surface area contributed by atoms with Crippen molar-refractivity contribution in [1.29, 1.82) is 0 Å². The fraction of sp³-hybridized carbons (Fsp3) is 0.438. The van der Waals surface area contributed by atoms with Gasteiger partial charge < -0.3 is 10.4 Å². The number of nitrogens with one attached hydrogen (secondary N) is 1. The van der Waals surface area contributed by atoms with Gasteiger partial charge in [0.1, 0.15) is 5.82 Å². The van der Waals surface area contributed by atoms with E-state index in [1.807, 2.05) is 0 Å². The van der Waals surface area contributed by atoms with Crippen LogP contribution in [-0.4, -0.2) is 23.2 Å². The van der Waals surface area contributed by atoms with Crippen molar-refractivity contribution in [2.75, 3.05) is 0 Å². The van der Waals surface area contributed by atoms with Crippen molar-refractivity contribution in [3.8, 4) is 0 Å². The number of rotatable bonds is 2. The second-order valence-electron chi connectivity index (χ2n) is 5.58. The van der Waals surface area contributed by atoms with Crippen LogP contribution in [0.15, 0.2) is 24.3 Å². The summed E-state index contributed by atoms with van der Waals surface area (Å²) in [6, 6.07) is 6.11. The molecule has 3 rings (SSSR count). The van der Waals surface area contributed by atoms with Gasteiger partial charge in [-0.25, -0.2) is 4.39 Å². The highest BCUT2D eigenvalue weighted by molar-refractivity contribution is 7.20. The third-order valence-corrected chi connectivity index (χ3v) is 5.10. The lowest BCUT2D eigenvalue weighted by atomic mass is 10.1. The first-order chi connectivity index (χ1) is 10.1. The molecule has 0 aliphatic heterocycles. The Labute approximate surface area is 126 Å². The summed E-state index contributed by atoms with van der Waals surface area (Å²) in [6.07, 6.45) is 4.22. The zero-order chi connectivity index (χ0) is 14.8. The molecule has 1 saturated carbocycles. The van der Waals surface area contributed by atoms with Crippen LogP contribution in [-0.2, 0) is 0 Å². The predicted octanol–water partition coefficient (Wildman–Crippen LogP) is 3.46. The van der Waals surface area contributed by atoms with Gasteiger partial charge in [-0.3, -0.25) is 4.79 Å². The van der Waals surface area contributed by atoms with E-state index in [4.69, 9.17) is 0 Å². The Morgan fingerprint density at radius 2 is 2.05 bits per heavy atom. The smallest absolute Gasteiger partial charge is 0.261 e. The molecule has 0 saturated heterocycles. The zero-order valence-electron chi connectivity index (χ0n) is 11.6. The van der Waals surface area contributed by atoms with Gasteiger partial charge in [0, 0.05) is 4.70 Å². The van der Waals surface area contributed by atoms with Crippen LogP contribution in [0.3, 0.4) is 0 Å². The summed E-state index contributed by atoms with van der Waals surface area (Å²) in [5.74, 6) is -0.474. The average Bonchev–Trinajstić information content (AvgIpc) is 2.78. The van der Waals surface area contributed by atoms with Crippen LogP contribution >= 0.6 is 11.3 Å². The highest BCUT2D eigenvalue weighted by Gasteiger charge is 2.24. The molecule has 5 heteroatoms. The largest absolute Gasteiger partial charge is 0.391 e. The Balaban J connectivity index is 1.76. The Morgan fingerprint density at radius 1 is 1.24 bits per heavy atom. The minimum Gasteiger partial charge on any atom is -0.391 e. The molecule has 2 unspecified atom stereocenters. The SMILES string of the molecule is O=C(NC1CCCCCC1O)c1cc2ccc(F)cc2s1. The summed E-state index contributed by atoms with van der Waals surface area (Å²) in [5, 5.41) is 13.9. The van der Waals surface area contributed by atoms with Gasteiger partial charge >= 0.3 is 0 Å². The Hall–Kier alpha value is -1.46. The average molecular weight is 307 g/mol. The van der Waals surface area contributed by atoms with Gasteiger partial charge in [0.25, 0.3) is 5.91 Å². The van der Waals surface area contributed by atoms with Crippen LogP contribution in [0.5, 0.6) is 0 Å². The molecule has 0 spiro atoms. The number of aliphatic hydroxyl groups excluding tert-OH is 1. The van der Waals surface area contributed by atoms with Crippen molar-refractivity contribution < 1.29 is 14.3 Å². The molecule has 1 aliphatic rings. The van der Waals surface area contributed by atoms with E-state index in [0.717, 1.165) is 42.2 Å². The normalized spacial score (nSPS) is 23.0. The van der Waals surface area contributed by atoms with Crippen molar-refractivity contribution in [3.63, 3.8) is 0 Å². The maximum absolute atomic E-state index is 13.2. The zero-order valence-corrected chi connectivity index (χ0v) is 12.5. The van der Waals surface area contributed by atoms with Gasteiger partial charge in [-0.2, -0.15) is 0 Å². The summed E-state index contributed by atoms with van der Waals surface area (Å²) in [6.45, 7) is 0. The van der Waals surface area contributed by atoms with Gasteiger partial charge in [0.15, 0.2) is 0 Å². The third-order valence-electron chi connectivity index (χ3n) is 4.00. The lowest BCUT2D eigenvalue weighted by Crippen LogP contribution is -2.42. The molecule has 2 atom stereocenters. The molecule has 1 heterocycles. The first-order valence-corrected chi connectivity index (χ1v) is 8.13. The molecule has 1 aromatic heterocycles. The number of aliphatic hydroxyl groups is 1. The van der Waals surface area contributed by atoms with Crippen molar-refractivity contribution in [2.45, 2.75) is 44.2 Å². The molecule has 0 radical (unpaired) electrons. The van der Waals surface area contributed by atoms with E-state index in [1.165, 1.54) is 23.5 Å². The molecule has 2 N–H and O–H groups in total. The Bertz CT molecular complexity index is 655. The van der Waals surface area contributed by atoms with Crippen molar-refractivity contribution in [2.24, 2.45) is 0 Å². The van der Waals surface area contributed by atoms with Crippen LogP contribution in [0.25, 0.3) is 10.1 Å². The van der Waals surface area contributed by atoms with E-state index in [1.54, 1.807) is 12.1 Å². The fourth-order valence-corrected chi connectivity index (χ4v) is 3.80. The summed E-state index contributed by atoms with van der Waals surface area (Å²) in [5.41, 5.74) is 0. The predicted molar refractivity (Wildman–Crippen MR) is 82.1 cm³/mol. The third kappa shape index (κ3) is 3.24. The molecule has 0 bridgehead atoms. The van der Waals surface area contributed by atoms with Crippen LogP contribution < -0.4 is 5.32 Å². The first-order valence-electron chi connectivity index (χ1n) is 7.31. The Morgan fingerprint density at radius 3 is 2.90 bits per heavy atom. The van der Waals surface area contributed by atoms with Crippen molar-refractivity contribution >= 4 is 27.3 Å². The van der Waals surface area contributed by atoms with Crippen LogP contribution in [0, 0.1) is 5.82 Å². The summed E-state index contributed by atoms with van der Waals surface area (Å²) >= 11 is 1.28. The van der Waals surface area contributed by atoms with Gasteiger partial charge in [-0.05, 0) is 36.4 Å². The van der Waals surface area contributed by atoms with Crippen molar-refractivity contribution in [1.82, 2.24) is 5.32 Å². The molecule has 1 aliphatic carbocycles. The van der Waals surface area contributed by atoms with E-state index in [-0.39, 0.29) is 17.8 Å². The summed E-state index contributed by atoms with van der Waals surface area (Å²) < 4.78 is 14.0. The standard InChI is InChI=1S/C16H18FNO2S/c17-11-7-6-10-8-15(21-14(10)9-11)16(20)18-12-4-2-1-3-5-13(12)19/h6-9,12-13,19H,1-5H2,(H,18,20).